The second kappa shape index (κ2) is 5.21. The van der Waals surface area contributed by atoms with Crippen LogP contribution in [0.1, 0.15) is 5.56 Å². The second-order valence-electron chi connectivity index (χ2n) is 2.50. The van der Waals surface area contributed by atoms with Crippen LogP contribution >= 0.6 is 11.6 Å². The molecule has 0 spiro atoms. The fraction of sp³-hybridized carbons (Fsp3) is 0.0909. The molecule has 0 fully saturated rings. The number of halogens is 1. The number of benzene rings is 1. The largest absolute Gasteiger partial charge is 0.504 e. The third-order valence-corrected chi connectivity index (χ3v) is 1.73. The van der Waals surface area contributed by atoms with Crippen LogP contribution in [0.2, 0.25) is 0 Å². The zero-order chi connectivity index (χ0) is 10.4. The fourth-order valence-corrected chi connectivity index (χ4v) is 1.04. The predicted octanol–water partition coefficient (Wildman–Crippen LogP) is 2.61. The lowest BCUT2D eigenvalue weighted by Gasteiger charge is -2.02. The molecule has 0 amide bonds. The maximum absolute atomic E-state index is 9.43. The van der Waals surface area contributed by atoms with E-state index in [-0.39, 0.29) is 5.75 Å². The first kappa shape index (κ1) is 10.5. The van der Waals surface area contributed by atoms with Gasteiger partial charge in [0, 0.05) is 5.38 Å². The minimum absolute atomic E-state index is 0.105. The topological polar surface area (TPSA) is 29.5 Å². The molecule has 0 saturated carbocycles. The number of ether oxygens (including phenoxy) is 1. The van der Waals surface area contributed by atoms with Gasteiger partial charge < -0.3 is 9.84 Å². The summed E-state index contributed by atoms with van der Waals surface area (Å²) >= 11 is 5.16. The monoisotopic (exact) mass is 208 g/mol. The molecule has 1 aromatic rings. The molecule has 0 aliphatic carbocycles. The molecule has 72 valence electrons. The highest BCUT2D eigenvalue weighted by Crippen LogP contribution is 2.26. The molecule has 3 heteroatoms. The molecule has 0 bridgehead atoms. The summed E-state index contributed by atoms with van der Waals surface area (Å²) in [5, 5.41) is 11.7. The highest BCUT2D eigenvalue weighted by Gasteiger charge is 1.99. The van der Waals surface area contributed by atoms with E-state index in [1.165, 1.54) is 7.11 Å². The third-order valence-electron chi connectivity index (χ3n) is 1.62. The normalized spacial score (nSPS) is 9.57. The molecule has 0 unspecified atom stereocenters. The Morgan fingerprint density at radius 1 is 1.50 bits per heavy atom. The van der Waals surface area contributed by atoms with Crippen LogP contribution in [-0.2, 0) is 0 Å². The number of allylic oxidation sites excluding steroid dienone is 1. The number of phenols is 1. The van der Waals surface area contributed by atoms with Crippen LogP contribution in [0.4, 0.5) is 0 Å². The summed E-state index contributed by atoms with van der Waals surface area (Å²) in [6.45, 7) is 0. The van der Waals surface area contributed by atoms with Gasteiger partial charge in [-0.15, -0.1) is 0 Å². The molecule has 0 aliphatic rings. The van der Waals surface area contributed by atoms with E-state index in [1.807, 2.05) is 6.07 Å². The minimum atomic E-state index is 0.105. The Balaban J connectivity index is 2.89. The summed E-state index contributed by atoms with van der Waals surface area (Å²) in [4.78, 5) is 0. The smallest absolute Gasteiger partial charge is 0.160 e. The number of rotatable bonds is 2. The van der Waals surface area contributed by atoms with Crippen molar-refractivity contribution in [2.75, 3.05) is 7.11 Å². The number of methoxy groups -OCH3 is 1. The predicted molar refractivity (Wildman–Crippen MR) is 57.3 cm³/mol. The summed E-state index contributed by atoms with van der Waals surface area (Å²) in [5.41, 5.74) is 0.836. The van der Waals surface area contributed by atoms with Gasteiger partial charge >= 0.3 is 0 Å². The van der Waals surface area contributed by atoms with Crippen molar-refractivity contribution in [2.45, 2.75) is 0 Å². The molecule has 0 saturated heterocycles. The van der Waals surface area contributed by atoms with Crippen LogP contribution in [0.5, 0.6) is 11.5 Å². The Kier molecular flexibility index (Phi) is 3.90. The number of aromatic hydroxyl groups is 1. The van der Waals surface area contributed by atoms with Gasteiger partial charge in [-0.25, -0.2) is 0 Å². The van der Waals surface area contributed by atoms with Gasteiger partial charge in [0.1, 0.15) is 0 Å². The van der Waals surface area contributed by atoms with Crippen LogP contribution in [0.15, 0.2) is 24.3 Å². The molecule has 0 aromatic heterocycles. The number of hydrogen-bond acceptors (Lipinski definition) is 2. The second-order valence-corrected chi connectivity index (χ2v) is 2.69. The zero-order valence-corrected chi connectivity index (χ0v) is 8.38. The molecule has 0 radical (unpaired) electrons. The van der Waals surface area contributed by atoms with Crippen LogP contribution in [-0.4, -0.2) is 12.2 Å². The number of hydrogen-bond donors (Lipinski definition) is 1. The standard InChI is InChI=1S/C11H9ClO2/c1-14-11-6-5-9(8-10(11)13)4-2-3-7-12/h2,4-6,8,13H,1H3/b4-2-. The molecular formula is C11H9ClO2. The zero-order valence-electron chi connectivity index (χ0n) is 7.62. The maximum Gasteiger partial charge on any atom is 0.160 e. The van der Waals surface area contributed by atoms with Crippen molar-refractivity contribution < 1.29 is 9.84 Å². The summed E-state index contributed by atoms with van der Waals surface area (Å²) < 4.78 is 4.90. The van der Waals surface area contributed by atoms with Gasteiger partial charge in [0.05, 0.1) is 7.11 Å². The van der Waals surface area contributed by atoms with Crippen LogP contribution in [0, 0.1) is 11.3 Å². The van der Waals surface area contributed by atoms with E-state index in [0.29, 0.717) is 5.75 Å². The lowest BCUT2D eigenvalue weighted by atomic mass is 10.2. The summed E-state index contributed by atoms with van der Waals surface area (Å²) in [6, 6.07) is 5.08. The van der Waals surface area contributed by atoms with Crippen molar-refractivity contribution in [1.29, 1.82) is 0 Å². The highest BCUT2D eigenvalue weighted by atomic mass is 35.5. The van der Waals surface area contributed by atoms with Gasteiger partial charge in [-0.2, -0.15) is 0 Å². The van der Waals surface area contributed by atoms with Gasteiger partial charge in [0.25, 0.3) is 0 Å². The minimum Gasteiger partial charge on any atom is -0.504 e. The lowest BCUT2D eigenvalue weighted by Crippen LogP contribution is -1.83. The van der Waals surface area contributed by atoms with E-state index in [4.69, 9.17) is 16.3 Å². The van der Waals surface area contributed by atoms with Crippen molar-refractivity contribution in [1.82, 2.24) is 0 Å². The van der Waals surface area contributed by atoms with Crippen molar-refractivity contribution in [3.8, 4) is 22.8 Å². The first-order valence-electron chi connectivity index (χ1n) is 3.92. The van der Waals surface area contributed by atoms with E-state index in [9.17, 15) is 5.11 Å². The van der Waals surface area contributed by atoms with Crippen molar-refractivity contribution in [3.63, 3.8) is 0 Å². The molecule has 0 heterocycles. The van der Waals surface area contributed by atoms with Crippen molar-refractivity contribution >= 4 is 17.7 Å². The Labute approximate surface area is 87.8 Å². The van der Waals surface area contributed by atoms with Crippen LogP contribution in [0.25, 0.3) is 6.08 Å². The molecule has 0 aliphatic heterocycles. The van der Waals surface area contributed by atoms with Gasteiger partial charge in [0.15, 0.2) is 11.5 Å². The van der Waals surface area contributed by atoms with E-state index in [1.54, 1.807) is 24.3 Å². The molecular weight excluding hydrogens is 200 g/mol. The molecule has 0 atom stereocenters. The Bertz CT molecular complexity index is 399. The van der Waals surface area contributed by atoms with Gasteiger partial charge in [-0.3, -0.25) is 0 Å². The summed E-state index contributed by atoms with van der Waals surface area (Å²) in [5.74, 6) is 3.12. The fourth-order valence-electron chi connectivity index (χ4n) is 0.980. The SMILES string of the molecule is COc1ccc(/C=C\C#CCl)cc1O. The van der Waals surface area contributed by atoms with E-state index in [2.05, 4.69) is 11.3 Å². The third kappa shape index (κ3) is 2.72. The first-order valence-corrected chi connectivity index (χ1v) is 4.30. The van der Waals surface area contributed by atoms with E-state index < -0.39 is 0 Å². The van der Waals surface area contributed by atoms with Crippen LogP contribution < -0.4 is 4.74 Å². The Hall–Kier alpha value is -1.59. The maximum atomic E-state index is 9.43. The molecule has 14 heavy (non-hydrogen) atoms. The van der Waals surface area contributed by atoms with E-state index in [0.717, 1.165) is 5.56 Å². The molecule has 1 rings (SSSR count). The van der Waals surface area contributed by atoms with E-state index >= 15 is 0 Å². The quantitative estimate of drug-likeness (QED) is 0.758. The van der Waals surface area contributed by atoms with Crippen molar-refractivity contribution in [2.24, 2.45) is 0 Å². The molecule has 2 nitrogen and oxygen atoms in total. The number of phenolic OH excluding ortho intramolecular Hbond substituents is 1. The van der Waals surface area contributed by atoms with Gasteiger partial charge in [-0.05, 0) is 41.4 Å². The van der Waals surface area contributed by atoms with Crippen molar-refractivity contribution in [3.05, 3.63) is 29.8 Å². The Morgan fingerprint density at radius 3 is 2.86 bits per heavy atom. The molecule has 1 N–H and O–H groups in total. The summed E-state index contributed by atoms with van der Waals surface area (Å²) in [7, 11) is 1.50. The lowest BCUT2D eigenvalue weighted by molar-refractivity contribution is 0.373. The average molecular weight is 209 g/mol. The first-order chi connectivity index (χ1) is 6.77. The van der Waals surface area contributed by atoms with Crippen LogP contribution in [0.3, 0.4) is 0 Å². The highest BCUT2D eigenvalue weighted by molar-refractivity contribution is 6.30. The Morgan fingerprint density at radius 2 is 2.29 bits per heavy atom. The summed E-state index contributed by atoms with van der Waals surface area (Å²) in [6.07, 6.45) is 3.35. The average Bonchev–Trinajstić information content (AvgIpc) is 2.18. The molecule has 1 aromatic carbocycles. The van der Waals surface area contributed by atoms with Gasteiger partial charge in [-0.1, -0.05) is 12.0 Å². The van der Waals surface area contributed by atoms with Gasteiger partial charge in [0.2, 0.25) is 0 Å².